The number of benzene rings is 1. The fraction of sp³-hybridized carbons (Fsp3) is 0.560. The molecule has 0 spiro atoms. The number of rotatable bonds is 15. The Morgan fingerprint density at radius 1 is 1.14 bits per heavy atom. The molecule has 0 saturated carbocycles. The van der Waals surface area contributed by atoms with Gasteiger partial charge in [-0.15, -0.1) is 0 Å². The molecule has 12 heteroatoms. The van der Waals surface area contributed by atoms with E-state index in [0.29, 0.717) is 58.0 Å². The fourth-order valence-electron chi connectivity index (χ4n) is 3.82. The first-order valence-corrected chi connectivity index (χ1v) is 12.9. The summed E-state index contributed by atoms with van der Waals surface area (Å²) >= 11 is 1.06. The Morgan fingerprint density at radius 2 is 1.86 bits per heavy atom. The lowest BCUT2D eigenvalue weighted by molar-refractivity contribution is -0.137. The van der Waals surface area contributed by atoms with Gasteiger partial charge in [0.2, 0.25) is 0 Å². The summed E-state index contributed by atoms with van der Waals surface area (Å²) in [5.74, 6) is -2.80. The highest BCUT2D eigenvalue weighted by Gasteiger charge is 2.35. The average Bonchev–Trinajstić information content (AvgIpc) is 3.14. The van der Waals surface area contributed by atoms with Crippen molar-refractivity contribution in [1.29, 1.82) is 0 Å². The first-order chi connectivity index (χ1) is 17.3. The second-order valence-corrected chi connectivity index (χ2v) is 9.95. The first-order valence-electron chi connectivity index (χ1n) is 12.1. The first kappa shape index (κ1) is 30.9. The van der Waals surface area contributed by atoms with E-state index in [9.17, 15) is 26.7 Å². The SMILES string of the molecule is CCCN(CC/C=C/c1sc(=O)[nH]c1NCCN(C)CCO)Cc1ccc(C(F)(F)F)cc1C(C)(F)F. The van der Waals surface area contributed by atoms with Crippen molar-refractivity contribution in [3.63, 3.8) is 0 Å². The quantitative estimate of drug-likeness (QED) is 0.266. The number of hydrogen-bond donors (Lipinski definition) is 3. The van der Waals surface area contributed by atoms with Crippen LogP contribution in [0.1, 0.15) is 48.3 Å². The molecule has 208 valence electrons. The zero-order valence-electron chi connectivity index (χ0n) is 21.3. The third-order valence-electron chi connectivity index (χ3n) is 5.68. The van der Waals surface area contributed by atoms with Crippen LogP contribution in [0, 0.1) is 0 Å². The van der Waals surface area contributed by atoms with E-state index < -0.39 is 23.2 Å². The van der Waals surface area contributed by atoms with Gasteiger partial charge in [-0.3, -0.25) is 14.7 Å². The van der Waals surface area contributed by atoms with E-state index >= 15 is 0 Å². The van der Waals surface area contributed by atoms with Crippen molar-refractivity contribution in [2.75, 3.05) is 51.7 Å². The maximum atomic E-state index is 14.2. The Balaban J connectivity index is 2.05. The maximum absolute atomic E-state index is 14.2. The van der Waals surface area contributed by atoms with Gasteiger partial charge in [-0.05, 0) is 50.2 Å². The Bertz CT molecular complexity index is 1060. The van der Waals surface area contributed by atoms with E-state index in [1.807, 2.05) is 35.9 Å². The lowest BCUT2D eigenvalue weighted by atomic mass is 9.98. The van der Waals surface area contributed by atoms with Gasteiger partial charge >= 0.3 is 11.0 Å². The molecule has 2 aromatic rings. The van der Waals surface area contributed by atoms with Crippen LogP contribution < -0.4 is 10.2 Å². The van der Waals surface area contributed by atoms with Gasteiger partial charge in [0.15, 0.2) is 0 Å². The number of aliphatic hydroxyl groups is 1. The molecule has 0 saturated heterocycles. The van der Waals surface area contributed by atoms with Gasteiger partial charge in [0, 0.05) is 45.2 Å². The van der Waals surface area contributed by atoms with E-state index in [0.717, 1.165) is 34.8 Å². The van der Waals surface area contributed by atoms with E-state index in [1.165, 1.54) is 0 Å². The summed E-state index contributed by atoms with van der Waals surface area (Å²) in [5, 5.41) is 12.2. The molecule has 0 radical (unpaired) electrons. The van der Waals surface area contributed by atoms with Crippen molar-refractivity contribution in [3.05, 3.63) is 55.5 Å². The number of nitrogens with zero attached hydrogens (tertiary/aromatic N) is 2. The summed E-state index contributed by atoms with van der Waals surface area (Å²) in [4.78, 5) is 19.0. The standard InChI is InChI=1S/C25H35F5N4O2S/c1-4-11-34(17-18-8-9-19(25(28,29)30)16-20(18)24(2,26)27)12-6-5-7-21-22(32-23(36)37-21)31-10-13-33(3)14-15-35/h5,7-9,16,31,35H,4,6,10-15,17H2,1-3H3,(H,32,36)/b7-5+. The smallest absolute Gasteiger partial charge is 0.395 e. The Labute approximate surface area is 217 Å². The number of H-pyrrole nitrogens is 1. The minimum atomic E-state index is -4.70. The number of likely N-dealkylation sites (N-methyl/N-ethyl adjacent to an activating group) is 1. The van der Waals surface area contributed by atoms with Gasteiger partial charge in [0.25, 0.3) is 5.92 Å². The lowest BCUT2D eigenvalue weighted by Gasteiger charge is -2.25. The number of nitrogens with one attached hydrogen (secondary N) is 2. The van der Waals surface area contributed by atoms with Crippen LogP contribution in [0.25, 0.3) is 6.08 Å². The lowest BCUT2D eigenvalue weighted by Crippen LogP contribution is -2.28. The van der Waals surface area contributed by atoms with Crippen LogP contribution in [0.2, 0.25) is 0 Å². The predicted molar refractivity (Wildman–Crippen MR) is 138 cm³/mol. The summed E-state index contributed by atoms with van der Waals surface area (Å²) in [7, 11) is 1.88. The third-order valence-corrected chi connectivity index (χ3v) is 6.53. The van der Waals surface area contributed by atoms with Crippen LogP contribution in [0.3, 0.4) is 0 Å². The number of anilines is 1. The number of thiazole rings is 1. The molecular weight excluding hydrogens is 515 g/mol. The van der Waals surface area contributed by atoms with Gasteiger partial charge in [-0.25, -0.2) is 8.78 Å². The minimum Gasteiger partial charge on any atom is -0.395 e. The molecule has 0 aliphatic carbocycles. The van der Waals surface area contributed by atoms with E-state index in [-0.39, 0.29) is 23.6 Å². The zero-order valence-corrected chi connectivity index (χ0v) is 22.1. The number of halogens is 5. The van der Waals surface area contributed by atoms with Crippen molar-refractivity contribution < 1.29 is 27.1 Å². The molecule has 1 aromatic carbocycles. The van der Waals surface area contributed by atoms with Gasteiger partial charge in [0.1, 0.15) is 5.82 Å². The maximum Gasteiger partial charge on any atom is 0.416 e. The Morgan fingerprint density at radius 3 is 2.49 bits per heavy atom. The molecule has 2 rings (SSSR count). The largest absolute Gasteiger partial charge is 0.416 e. The van der Waals surface area contributed by atoms with Gasteiger partial charge in [-0.1, -0.05) is 30.4 Å². The molecule has 0 bridgehead atoms. The molecule has 37 heavy (non-hydrogen) atoms. The summed E-state index contributed by atoms with van der Waals surface area (Å²) < 4.78 is 67.6. The minimum absolute atomic E-state index is 0.0654. The van der Waals surface area contributed by atoms with E-state index in [1.54, 1.807) is 0 Å². The van der Waals surface area contributed by atoms with Crippen LogP contribution in [-0.2, 0) is 18.6 Å². The number of aromatic amines is 1. The molecule has 6 nitrogen and oxygen atoms in total. The highest BCUT2D eigenvalue weighted by Crippen LogP contribution is 2.36. The normalized spacial score (nSPS) is 12.8. The average molecular weight is 551 g/mol. The summed E-state index contributed by atoms with van der Waals surface area (Å²) in [6.45, 7) is 5.62. The summed E-state index contributed by atoms with van der Waals surface area (Å²) in [5.41, 5.74) is -1.54. The Hall–Kier alpha value is -2.28. The van der Waals surface area contributed by atoms with Crippen molar-refractivity contribution in [1.82, 2.24) is 14.8 Å². The topological polar surface area (TPSA) is 71.6 Å². The molecule has 0 unspecified atom stereocenters. The fourth-order valence-corrected chi connectivity index (χ4v) is 4.56. The molecular formula is C25H35F5N4O2S. The number of aromatic nitrogens is 1. The zero-order chi connectivity index (χ0) is 27.6. The van der Waals surface area contributed by atoms with Crippen molar-refractivity contribution >= 4 is 23.2 Å². The van der Waals surface area contributed by atoms with Crippen LogP contribution in [0.4, 0.5) is 27.8 Å². The highest BCUT2D eigenvalue weighted by molar-refractivity contribution is 7.10. The van der Waals surface area contributed by atoms with Gasteiger partial charge < -0.3 is 15.3 Å². The second kappa shape index (κ2) is 14.0. The van der Waals surface area contributed by atoms with E-state index in [2.05, 4.69) is 10.3 Å². The molecule has 3 N–H and O–H groups in total. The molecule has 0 aliphatic rings. The van der Waals surface area contributed by atoms with Gasteiger partial charge in [0.05, 0.1) is 17.0 Å². The summed E-state index contributed by atoms with van der Waals surface area (Å²) in [6.07, 6.45) is 0.311. The van der Waals surface area contributed by atoms with Crippen molar-refractivity contribution in [3.8, 4) is 0 Å². The molecule has 0 fully saturated rings. The number of hydrogen-bond acceptors (Lipinski definition) is 6. The van der Waals surface area contributed by atoms with Crippen molar-refractivity contribution in [2.24, 2.45) is 0 Å². The molecule has 0 amide bonds. The van der Waals surface area contributed by atoms with Crippen LogP contribution in [-0.4, -0.2) is 66.3 Å². The molecule has 1 aromatic heterocycles. The van der Waals surface area contributed by atoms with Crippen molar-refractivity contribution in [2.45, 2.75) is 45.3 Å². The second-order valence-electron chi connectivity index (χ2n) is 8.93. The number of aliphatic hydroxyl groups excluding tert-OH is 1. The van der Waals surface area contributed by atoms with Crippen LogP contribution >= 0.6 is 11.3 Å². The molecule has 0 atom stereocenters. The predicted octanol–water partition coefficient (Wildman–Crippen LogP) is 5.22. The Kier molecular flexibility index (Phi) is 11.7. The van der Waals surface area contributed by atoms with E-state index in [4.69, 9.17) is 5.11 Å². The van der Waals surface area contributed by atoms with Gasteiger partial charge in [-0.2, -0.15) is 13.2 Å². The molecule has 0 aliphatic heterocycles. The van der Waals surface area contributed by atoms with Crippen LogP contribution in [0.5, 0.6) is 0 Å². The third kappa shape index (κ3) is 10.2. The number of alkyl halides is 5. The summed E-state index contributed by atoms with van der Waals surface area (Å²) in [6, 6.07) is 2.53. The monoisotopic (exact) mass is 550 g/mol. The van der Waals surface area contributed by atoms with Crippen LogP contribution in [0.15, 0.2) is 29.1 Å². The molecule has 1 heterocycles. The highest BCUT2D eigenvalue weighted by atomic mass is 32.1.